The van der Waals surface area contributed by atoms with E-state index in [1.165, 1.54) is 0 Å². The molecule has 1 N–H and O–H groups in total. The fourth-order valence-electron chi connectivity index (χ4n) is 3.86. The zero-order valence-electron chi connectivity index (χ0n) is 17.6. The third-order valence-electron chi connectivity index (χ3n) is 5.56. The van der Waals surface area contributed by atoms with Gasteiger partial charge >= 0.3 is 0 Å². The van der Waals surface area contributed by atoms with E-state index >= 15 is 0 Å². The lowest BCUT2D eigenvalue weighted by atomic mass is 9.95. The third kappa shape index (κ3) is 5.47. The van der Waals surface area contributed by atoms with Crippen LogP contribution in [0.15, 0.2) is 54.6 Å². The molecule has 1 atom stereocenters. The predicted octanol–water partition coefficient (Wildman–Crippen LogP) is 2.49. The fourth-order valence-corrected chi connectivity index (χ4v) is 3.86. The third-order valence-corrected chi connectivity index (χ3v) is 5.56. The standard InChI is InChI=1S/C24H29N3O3/c1-25-23(29)20-12-10-19(11-13-20)16-26(2)24(30)21-9-6-14-27(17-21)22(28)15-18-7-4-3-5-8-18/h3-5,7-8,10-13,21H,6,9,14-17H2,1-2H3,(H,25,29). The minimum atomic E-state index is -0.173. The van der Waals surface area contributed by atoms with E-state index in [0.717, 1.165) is 24.0 Å². The number of nitrogens with zero attached hydrogens (tertiary/aromatic N) is 2. The molecule has 0 bridgehead atoms. The molecule has 1 aliphatic heterocycles. The van der Waals surface area contributed by atoms with Crippen molar-refractivity contribution in [1.29, 1.82) is 0 Å². The van der Waals surface area contributed by atoms with E-state index in [1.807, 2.05) is 47.4 Å². The van der Waals surface area contributed by atoms with Crippen LogP contribution >= 0.6 is 0 Å². The Morgan fingerprint density at radius 2 is 1.73 bits per heavy atom. The summed E-state index contributed by atoms with van der Waals surface area (Å²) < 4.78 is 0. The molecular formula is C24H29N3O3. The van der Waals surface area contributed by atoms with Crippen molar-refractivity contribution in [3.05, 3.63) is 71.3 Å². The van der Waals surface area contributed by atoms with Crippen molar-refractivity contribution in [2.45, 2.75) is 25.8 Å². The van der Waals surface area contributed by atoms with E-state index < -0.39 is 0 Å². The first kappa shape index (κ1) is 21.6. The normalized spacial score (nSPS) is 16.1. The van der Waals surface area contributed by atoms with Crippen molar-refractivity contribution in [3.63, 3.8) is 0 Å². The maximum absolute atomic E-state index is 13.0. The molecule has 158 valence electrons. The van der Waals surface area contributed by atoms with Crippen LogP contribution in [-0.4, -0.2) is 54.7 Å². The van der Waals surface area contributed by atoms with Crippen molar-refractivity contribution in [2.24, 2.45) is 5.92 Å². The highest BCUT2D eigenvalue weighted by atomic mass is 16.2. The van der Waals surface area contributed by atoms with E-state index in [4.69, 9.17) is 0 Å². The van der Waals surface area contributed by atoms with Crippen LogP contribution in [0, 0.1) is 5.92 Å². The second kappa shape index (κ2) is 10.1. The van der Waals surface area contributed by atoms with Gasteiger partial charge in [0, 0.05) is 39.3 Å². The summed E-state index contributed by atoms with van der Waals surface area (Å²) in [4.78, 5) is 40.8. The van der Waals surface area contributed by atoms with Gasteiger partial charge in [0.1, 0.15) is 0 Å². The van der Waals surface area contributed by atoms with Crippen LogP contribution < -0.4 is 5.32 Å². The number of amides is 3. The lowest BCUT2D eigenvalue weighted by Crippen LogP contribution is -2.46. The lowest BCUT2D eigenvalue weighted by molar-refractivity contribution is -0.140. The second-order valence-electron chi connectivity index (χ2n) is 7.81. The Labute approximate surface area is 177 Å². The van der Waals surface area contributed by atoms with Gasteiger partial charge in [-0.2, -0.15) is 0 Å². The molecule has 0 radical (unpaired) electrons. The number of hydrogen-bond donors (Lipinski definition) is 1. The summed E-state index contributed by atoms with van der Waals surface area (Å²) >= 11 is 0. The Morgan fingerprint density at radius 1 is 1.03 bits per heavy atom. The number of likely N-dealkylation sites (tertiary alicyclic amines) is 1. The summed E-state index contributed by atoms with van der Waals surface area (Å²) in [6, 6.07) is 17.0. The summed E-state index contributed by atoms with van der Waals surface area (Å²) in [6.45, 7) is 1.66. The maximum Gasteiger partial charge on any atom is 0.251 e. The quantitative estimate of drug-likeness (QED) is 0.800. The number of hydrogen-bond acceptors (Lipinski definition) is 3. The molecule has 1 fully saturated rings. The fraction of sp³-hybridized carbons (Fsp3) is 0.375. The lowest BCUT2D eigenvalue weighted by Gasteiger charge is -2.34. The summed E-state index contributed by atoms with van der Waals surface area (Å²) in [5.41, 5.74) is 2.55. The van der Waals surface area contributed by atoms with Crippen molar-refractivity contribution < 1.29 is 14.4 Å². The van der Waals surface area contributed by atoms with Crippen LogP contribution in [0.3, 0.4) is 0 Å². The highest BCUT2D eigenvalue weighted by molar-refractivity contribution is 5.94. The highest BCUT2D eigenvalue weighted by Crippen LogP contribution is 2.20. The molecule has 3 amide bonds. The zero-order valence-corrected chi connectivity index (χ0v) is 17.6. The highest BCUT2D eigenvalue weighted by Gasteiger charge is 2.30. The Morgan fingerprint density at radius 3 is 2.40 bits per heavy atom. The summed E-state index contributed by atoms with van der Waals surface area (Å²) in [7, 11) is 3.39. The molecule has 0 aliphatic carbocycles. The SMILES string of the molecule is CNC(=O)c1ccc(CN(C)C(=O)C2CCCN(C(=O)Cc3ccccc3)C2)cc1. The summed E-state index contributed by atoms with van der Waals surface area (Å²) in [6.07, 6.45) is 2.01. The molecule has 3 rings (SSSR count). The van der Waals surface area contributed by atoms with Crippen molar-refractivity contribution >= 4 is 17.7 Å². The minimum absolute atomic E-state index is 0.0580. The summed E-state index contributed by atoms with van der Waals surface area (Å²) in [5, 5.41) is 2.60. The van der Waals surface area contributed by atoms with Crippen LogP contribution in [0.5, 0.6) is 0 Å². The minimum Gasteiger partial charge on any atom is -0.355 e. The molecule has 30 heavy (non-hydrogen) atoms. The van der Waals surface area contributed by atoms with Gasteiger partial charge in [0.05, 0.1) is 12.3 Å². The molecule has 2 aromatic carbocycles. The van der Waals surface area contributed by atoms with Crippen molar-refractivity contribution in [1.82, 2.24) is 15.1 Å². The zero-order chi connectivity index (χ0) is 21.5. The Kier molecular flexibility index (Phi) is 7.22. The molecule has 0 saturated carbocycles. The van der Waals surface area contributed by atoms with Crippen LogP contribution in [0.4, 0.5) is 0 Å². The van der Waals surface area contributed by atoms with Crippen LogP contribution in [0.1, 0.15) is 34.3 Å². The molecule has 6 nitrogen and oxygen atoms in total. The molecule has 1 heterocycles. The van der Waals surface area contributed by atoms with Gasteiger partial charge in [-0.1, -0.05) is 42.5 Å². The Bertz CT molecular complexity index is 880. The Hall–Kier alpha value is -3.15. The van der Waals surface area contributed by atoms with Crippen LogP contribution in [0.25, 0.3) is 0 Å². The van der Waals surface area contributed by atoms with E-state index in [1.54, 1.807) is 31.1 Å². The molecule has 0 spiro atoms. The van der Waals surface area contributed by atoms with Gasteiger partial charge in [-0.3, -0.25) is 14.4 Å². The molecular weight excluding hydrogens is 378 g/mol. The molecule has 1 saturated heterocycles. The number of nitrogens with one attached hydrogen (secondary N) is 1. The van der Waals surface area contributed by atoms with Gasteiger partial charge in [0.25, 0.3) is 5.91 Å². The van der Waals surface area contributed by atoms with Gasteiger partial charge in [0.2, 0.25) is 11.8 Å². The Balaban J connectivity index is 1.56. The van der Waals surface area contributed by atoms with Gasteiger partial charge in [-0.15, -0.1) is 0 Å². The number of carbonyl (C=O) groups excluding carboxylic acids is 3. The number of rotatable bonds is 6. The van der Waals surface area contributed by atoms with Gasteiger partial charge in [-0.25, -0.2) is 0 Å². The van der Waals surface area contributed by atoms with Crippen LogP contribution in [-0.2, 0) is 22.6 Å². The van der Waals surface area contributed by atoms with E-state index in [-0.39, 0.29) is 23.6 Å². The summed E-state index contributed by atoms with van der Waals surface area (Å²) in [5.74, 6) is -0.171. The average Bonchev–Trinajstić information content (AvgIpc) is 2.79. The molecule has 6 heteroatoms. The van der Waals surface area contributed by atoms with Gasteiger partial charge < -0.3 is 15.1 Å². The molecule has 2 aromatic rings. The number of piperidine rings is 1. The predicted molar refractivity (Wildman–Crippen MR) is 116 cm³/mol. The first-order valence-corrected chi connectivity index (χ1v) is 10.4. The van der Waals surface area contributed by atoms with Gasteiger partial charge in [0.15, 0.2) is 0 Å². The molecule has 1 aliphatic rings. The second-order valence-corrected chi connectivity index (χ2v) is 7.81. The molecule has 1 unspecified atom stereocenters. The first-order chi connectivity index (χ1) is 14.5. The number of carbonyl (C=O) groups is 3. The topological polar surface area (TPSA) is 69.7 Å². The van der Waals surface area contributed by atoms with Crippen LogP contribution in [0.2, 0.25) is 0 Å². The van der Waals surface area contributed by atoms with Gasteiger partial charge in [-0.05, 0) is 36.1 Å². The van der Waals surface area contributed by atoms with E-state index in [9.17, 15) is 14.4 Å². The first-order valence-electron chi connectivity index (χ1n) is 10.4. The number of benzene rings is 2. The van der Waals surface area contributed by atoms with E-state index in [0.29, 0.717) is 31.6 Å². The van der Waals surface area contributed by atoms with Crippen molar-refractivity contribution in [2.75, 3.05) is 27.2 Å². The average molecular weight is 408 g/mol. The smallest absolute Gasteiger partial charge is 0.251 e. The van der Waals surface area contributed by atoms with E-state index in [2.05, 4.69) is 5.32 Å². The largest absolute Gasteiger partial charge is 0.355 e. The molecule has 0 aromatic heterocycles. The monoisotopic (exact) mass is 407 g/mol. The van der Waals surface area contributed by atoms with Crippen molar-refractivity contribution in [3.8, 4) is 0 Å². The maximum atomic E-state index is 13.0.